The molecule has 2 aromatic rings. The summed E-state index contributed by atoms with van der Waals surface area (Å²) in [6.45, 7) is 4.78. The highest BCUT2D eigenvalue weighted by Gasteiger charge is 2.24. The van der Waals surface area contributed by atoms with Crippen LogP contribution in [0.4, 0.5) is 11.4 Å². The summed E-state index contributed by atoms with van der Waals surface area (Å²) in [5.74, 6) is 0.727. The molecule has 0 unspecified atom stereocenters. The molecule has 5 heteroatoms. The number of carbonyl (C=O) groups excluding carboxylic acids is 1. The quantitative estimate of drug-likeness (QED) is 0.863. The van der Waals surface area contributed by atoms with Gasteiger partial charge in [-0.25, -0.2) is 0 Å². The van der Waals surface area contributed by atoms with E-state index in [2.05, 4.69) is 6.07 Å². The van der Waals surface area contributed by atoms with Crippen LogP contribution in [0.5, 0.6) is 5.75 Å². The van der Waals surface area contributed by atoms with E-state index in [-0.39, 0.29) is 24.9 Å². The summed E-state index contributed by atoms with van der Waals surface area (Å²) >= 11 is 0. The second-order valence-electron chi connectivity index (χ2n) is 6.05. The van der Waals surface area contributed by atoms with Gasteiger partial charge in [0.1, 0.15) is 5.75 Å². The van der Waals surface area contributed by atoms with Gasteiger partial charge in [0, 0.05) is 17.9 Å². The van der Waals surface area contributed by atoms with Gasteiger partial charge in [0.15, 0.2) is 6.61 Å². The molecule has 2 aromatic carbocycles. The fraction of sp³-hybridized carbons (Fsp3) is 0.316. The number of fused-ring (bicyclic) bond motifs is 1. The third kappa shape index (κ3) is 3.65. The Morgan fingerprint density at radius 2 is 2.04 bits per heavy atom. The minimum absolute atomic E-state index is 0. The minimum Gasteiger partial charge on any atom is -0.483 e. The first-order chi connectivity index (χ1) is 11.1. The number of aryl methyl sites for hydroxylation is 2. The Bertz CT molecular complexity index is 746. The topological polar surface area (TPSA) is 55.6 Å². The predicted octanol–water partition coefficient (Wildman–Crippen LogP) is 3.67. The van der Waals surface area contributed by atoms with Crippen molar-refractivity contribution in [2.75, 3.05) is 23.8 Å². The van der Waals surface area contributed by atoms with E-state index in [1.807, 2.05) is 44.2 Å². The van der Waals surface area contributed by atoms with Gasteiger partial charge >= 0.3 is 0 Å². The Morgan fingerprint density at radius 3 is 2.79 bits per heavy atom. The number of rotatable bonds is 3. The second kappa shape index (κ2) is 7.58. The maximum absolute atomic E-state index is 12.6. The SMILES string of the molecule is Cc1ccc(OCC(=O)N2CCCc3c(N)cccc32)c(C)c1.Cl. The van der Waals surface area contributed by atoms with Gasteiger partial charge in [-0.15, -0.1) is 12.4 Å². The maximum atomic E-state index is 12.6. The molecule has 0 saturated carbocycles. The lowest BCUT2D eigenvalue weighted by Crippen LogP contribution is -2.38. The van der Waals surface area contributed by atoms with E-state index >= 15 is 0 Å². The summed E-state index contributed by atoms with van der Waals surface area (Å²) in [5.41, 5.74) is 11.0. The molecule has 0 saturated heterocycles. The number of nitrogens with two attached hydrogens (primary N) is 1. The summed E-state index contributed by atoms with van der Waals surface area (Å²) in [6, 6.07) is 11.7. The number of nitrogen functional groups attached to an aromatic ring is 1. The maximum Gasteiger partial charge on any atom is 0.264 e. The summed E-state index contributed by atoms with van der Waals surface area (Å²) < 4.78 is 5.73. The zero-order valence-corrected chi connectivity index (χ0v) is 14.9. The van der Waals surface area contributed by atoms with Crippen molar-refractivity contribution < 1.29 is 9.53 Å². The number of hydrogen-bond acceptors (Lipinski definition) is 3. The number of anilines is 2. The highest BCUT2D eigenvalue weighted by molar-refractivity contribution is 5.96. The van der Waals surface area contributed by atoms with Gasteiger partial charge in [-0.2, -0.15) is 0 Å². The number of hydrogen-bond donors (Lipinski definition) is 1. The molecule has 0 aliphatic carbocycles. The van der Waals surface area contributed by atoms with Gasteiger partial charge in [-0.3, -0.25) is 4.79 Å². The number of benzene rings is 2. The highest BCUT2D eigenvalue weighted by atomic mass is 35.5. The van der Waals surface area contributed by atoms with Gasteiger partial charge in [-0.1, -0.05) is 23.8 Å². The largest absolute Gasteiger partial charge is 0.483 e. The summed E-state index contributed by atoms with van der Waals surface area (Å²) in [6.07, 6.45) is 1.85. The lowest BCUT2D eigenvalue weighted by molar-refractivity contribution is -0.120. The first kappa shape index (κ1) is 18.1. The standard InChI is InChI=1S/C19H22N2O2.ClH/c1-13-8-9-18(14(2)11-13)23-12-19(22)21-10-4-5-15-16(20)6-3-7-17(15)21;/h3,6-9,11H,4-5,10,12,20H2,1-2H3;1H. The van der Waals surface area contributed by atoms with E-state index in [0.29, 0.717) is 6.54 Å². The van der Waals surface area contributed by atoms with Crippen LogP contribution in [0.3, 0.4) is 0 Å². The number of amides is 1. The molecule has 0 bridgehead atoms. The Kier molecular flexibility index (Phi) is 5.73. The summed E-state index contributed by atoms with van der Waals surface area (Å²) in [7, 11) is 0. The molecular weight excluding hydrogens is 324 g/mol. The van der Waals surface area contributed by atoms with Crippen LogP contribution in [0, 0.1) is 13.8 Å². The van der Waals surface area contributed by atoms with Crippen LogP contribution < -0.4 is 15.4 Å². The molecular formula is C19H23ClN2O2. The third-order valence-electron chi connectivity index (χ3n) is 4.27. The second-order valence-corrected chi connectivity index (χ2v) is 6.05. The van der Waals surface area contributed by atoms with Crippen LogP contribution in [-0.2, 0) is 11.2 Å². The average molecular weight is 347 g/mol. The number of nitrogens with zero attached hydrogens (tertiary/aromatic N) is 1. The van der Waals surface area contributed by atoms with Crippen molar-refractivity contribution in [1.82, 2.24) is 0 Å². The minimum atomic E-state index is -0.0310. The van der Waals surface area contributed by atoms with Crippen molar-refractivity contribution >= 4 is 29.7 Å². The smallest absolute Gasteiger partial charge is 0.264 e. The van der Waals surface area contributed by atoms with Crippen molar-refractivity contribution in [3.63, 3.8) is 0 Å². The van der Waals surface area contributed by atoms with Crippen LogP contribution in [0.15, 0.2) is 36.4 Å². The van der Waals surface area contributed by atoms with Crippen molar-refractivity contribution in [3.05, 3.63) is 53.1 Å². The molecule has 1 aliphatic heterocycles. The average Bonchev–Trinajstić information content (AvgIpc) is 2.54. The van der Waals surface area contributed by atoms with Crippen molar-refractivity contribution in [1.29, 1.82) is 0 Å². The molecule has 1 aliphatic rings. The third-order valence-corrected chi connectivity index (χ3v) is 4.27. The van der Waals surface area contributed by atoms with E-state index in [4.69, 9.17) is 10.5 Å². The Hall–Kier alpha value is -2.20. The van der Waals surface area contributed by atoms with E-state index in [1.165, 1.54) is 5.56 Å². The molecule has 3 rings (SSSR count). The molecule has 0 aromatic heterocycles. The fourth-order valence-corrected chi connectivity index (χ4v) is 3.09. The fourth-order valence-electron chi connectivity index (χ4n) is 3.09. The monoisotopic (exact) mass is 346 g/mol. The molecule has 24 heavy (non-hydrogen) atoms. The van der Waals surface area contributed by atoms with Crippen molar-refractivity contribution in [2.24, 2.45) is 0 Å². The Morgan fingerprint density at radius 1 is 1.25 bits per heavy atom. The Balaban J connectivity index is 0.00000208. The molecule has 0 radical (unpaired) electrons. The molecule has 1 amide bonds. The van der Waals surface area contributed by atoms with E-state index in [0.717, 1.165) is 41.1 Å². The van der Waals surface area contributed by atoms with Gasteiger partial charge in [0.25, 0.3) is 5.91 Å². The molecule has 1 heterocycles. The predicted molar refractivity (Wildman–Crippen MR) is 100 cm³/mol. The van der Waals surface area contributed by atoms with Crippen molar-refractivity contribution in [3.8, 4) is 5.75 Å². The number of ether oxygens (including phenoxy) is 1. The molecule has 0 fully saturated rings. The number of halogens is 1. The van der Waals surface area contributed by atoms with E-state index in [9.17, 15) is 4.79 Å². The highest BCUT2D eigenvalue weighted by Crippen LogP contribution is 2.31. The first-order valence-electron chi connectivity index (χ1n) is 7.94. The Labute approximate surface area is 149 Å². The normalized spacial score (nSPS) is 13.0. The van der Waals surface area contributed by atoms with E-state index < -0.39 is 0 Å². The first-order valence-corrected chi connectivity index (χ1v) is 7.94. The van der Waals surface area contributed by atoms with Gasteiger partial charge in [0.05, 0.1) is 0 Å². The zero-order chi connectivity index (χ0) is 16.4. The lowest BCUT2D eigenvalue weighted by atomic mass is 10.00. The lowest BCUT2D eigenvalue weighted by Gasteiger charge is -2.30. The van der Waals surface area contributed by atoms with Gasteiger partial charge in [-0.05, 0) is 56.0 Å². The summed E-state index contributed by atoms with van der Waals surface area (Å²) in [5, 5.41) is 0. The van der Waals surface area contributed by atoms with Crippen LogP contribution in [-0.4, -0.2) is 19.1 Å². The molecule has 0 spiro atoms. The van der Waals surface area contributed by atoms with Gasteiger partial charge < -0.3 is 15.4 Å². The van der Waals surface area contributed by atoms with Crippen LogP contribution in [0.2, 0.25) is 0 Å². The van der Waals surface area contributed by atoms with E-state index in [1.54, 1.807) is 4.90 Å². The molecule has 2 N–H and O–H groups in total. The van der Waals surface area contributed by atoms with Crippen LogP contribution in [0.25, 0.3) is 0 Å². The molecule has 0 atom stereocenters. The van der Waals surface area contributed by atoms with Crippen LogP contribution >= 0.6 is 12.4 Å². The molecule has 128 valence electrons. The number of carbonyl (C=O) groups is 1. The van der Waals surface area contributed by atoms with Crippen LogP contribution in [0.1, 0.15) is 23.1 Å². The van der Waals surface area contributed by atoms with Gasteiger partial charge in [0.2, 0.25) is 0 Å². The summed E-state index contributed by atoms with van der Waals surface area (Å²) in [4.78, 5) is 14.4. The van der Waals surface area contributed by atoms with Crippen molar-refractivity contribution in [2.45, 2.75) is 26.7 Å². The zero-order valence-electron chi connectivity index (χ0n) is 14.0. The molecule has 4 nitrogen and oxygen atoms in total.